The first-order chi connectivity index (χ1) is 59.6. The lowest BCUT2D eigenvalue weighted by Gasteiger charge is -2.25. The average Bonchev–Trinajstić information content (AvgIpc) is 1.73. The second-order valence-corrected chi connectivity index (χ2v) is 35.4. The molecule has 0 amide bonds. The number of benzene rings is 10. The molecule has 0 aromatic heterocycles. The lowest BCUT2D eigenvalue weighted by atomic mass is 9.79. The van der Waals surface area contributed by atoms with Gasteiger partial charge in [0.1, 0.15) is 53.7 Å². The molecule has 0 spiro atoms. The lowest BCUT2D eigenvalue weighted by Crippen LogP contribution is -2.10. The van der Waals surface area contributed by atoms with Crippen molar-refractivity contribution in [2.75, 3.05) is 14.2 Å². The van der Waals surface area contributed by atoms with Crippen LogP contribution < -0.4 is 9.47 Å². The van der Waals surface area contributed by atoms with Crippen molar-refractivity contribution >= 4 is 87.0 Å². The van der Waals surface area contributed by atoms with Gasteiger partial charge in [-0.1, -0.05) is 207 Å². The number of ether oxygens (including phenoxy) is 4. The van der Waals surface area contributed by atoms with Crippen molar-refractivity contribution in [3.05, 3.63) is 313 Å². The van der Waals surface area contributed by atoms with E-state index in [0.29, 0.717) is 75.2 Å². The number of allylic oxidation sites excluding steroid dienone is 6. The molecule has 125 heavy (non-hydrogen) atoms. The van der Waals surface area contributed by atoms with Gasteiger partial charge >= 0.3 is 23.9 Å². The summed E-state index contributed by atoms with van der Waals surface area (Å²) in [7, 11) is 2.77. The molecule has 13 rings (SSSR count). The number of hydrogen-bond acceptors (Lipinski definition) is 10. The molecule has 660 valence electrons. The molecule has 0 heterocycles. The van der Waals surface area contributed by atoms with Crippen LogP contribution in [-0.2, 0) is 47.7 Å². The molecule has 0 bridgehead atoms. The summed E-state index contributed by atoms with van der Waals surface area (Å²) in [6.07, 6.45) is 17.1. The SMILES string of the molecule is CC1(C)CCC=C1c1cc(CCl)ccc1-c1cc(Cl)ccc1F.CC[C@@H](CC(=O)O)c1cccc(OCc2ccc(-c3cc(Cl)ccc3F)c(C3=CCCC3(C)C)c2)c1.CC[C@@H](CC(=O)OC)c1cccc(O)c1.CC[C@H](CC(=O)O)c1cccc(OCc2ccc(-c3cc(Cl)ccc3F)c(C3=CCCC3(C)C)c2)c1.CC[C@H](CC(=O)OC)c1cccc(O)c1. The van der Waals surface area contributed by atoms with Gasteiger partial charge in [0.05, 0.1) is 39.9 Å². The van der Waals surface area contributed by atoms with Gasteiger partial charge in [-0.15, -0.1) is 11.6 Å². The second kappa shape index (κ2) is 46.1. The average molecular weight is 1780 g/mol. The molecule has 10 aromatic rings. The van der Waals surface area contributed by atoms with Gasteiger partial charge in [0.2, 0.25) is 0 Å². The standard InChI is InChI=1S/2C31H32ClFO3.C20H19Cl2F.2C12H16O3/c2*1-4-21(17-30(34)35)22-7-5-8-24(16-22)36-19-20-10-12-25(27-18-23(32)11-13-29(27)33)26(15-20)28-9-6-14-31(28,2)3;1-20(2)9-3-4-18(20)16-10-13(12-21)5-7-15(16)17-11-14(22)6-8-19(17)23;2*1-3-9(8-12(14)15-2)10-5-4-6-11(13)7-10/h2*5,7-13,15-16,18,21H,4,6,14,17,19H2,1-3H3,(H,34,35);4-8,10-11H,3,9,12H2,1-2H3;2*4-7,9,13H,3,8H2,1-2H3/t2*21-;;2*9-/m10.10/s1. The highest BCUT2D eigenvalue weighted by molar-refractivity contribution is 6.31. The molecule has 4 N–H and O–H groups in total. The Bertz CT molecular complexity index is 5230. The number of carbonyl (C=O) groups is 4. The van der Waals surface area contributed by atoms with E-state index in [1.807, 2.05) is 125 Å². The number of rotatable bonds is 29. The Kier molecular flexibility index (Phi) is 36.2. The van der Waals surface area contributed by atoms with E-state index >= 15 is 0 Å². The minimum absolute atomic E-state index is 0.0169. The number of aliphatic carboxylic acids is 2. The smallest absolute Gasteiger partial charge is 0.306 e. The fraction of sp³-hybridized carbons (Fsp3) is 0.340. The predicted octanol–water partition coefficient (Wildman–Crippen LogP) is 29.8. The molecule has 0 radical (unpaired) electrons. The van der Waals surface area contributed by atoms with Crippen molar-refractivity contribution in [2.24, 2.45) is 16.2 Å². The lowest BCUT2D eigenvalue weighted by molar-refractivity contribution is -0.142. The summed E-state index contributed by atoms with van der Waals surface area (Å²) in [5.74, 6) is -0.481. The largest absolute Gasteiger partial charge is 0.508 e. The van der Waals surface area contributed by atoms with Crippen LogP contribution in [0.5, 0.6) is 23.0 Å². The second-order valence-electron chi connectivity index (χ2n) is 33.9. The van der Waals surface area contributed by atoms with Gasteiger partial charge in [0.15, 0.2) is 0 Å². The van der Waals surface area contributed by atoms with Crippen LogP contribution in [0.25, 0.3) is 50.1 Å². The molecule has 12 nitrogen and oxygen atoms in total. The molecule has 19 heteroatoms. The van der Waals surface area contributed by atoms with Crippen LogP contribution in [0.3, 0.4) is 0 Å². The van der Waals surface area contributed by atoms with Gasteiger partial charge in [0.25, 0.3) is 0 Å². The first-order valence-corrected chi connectivity index (χ1v) is 44.3. The summed E-state index contributed by atoms with van der Waals surface area (Å²) in [6, 6.07) is 61.4. The van der Waals surface area contributed by atoms with Gasteiger partial charge in [-0.2, -0.15) is 0 Å². The highest BCUT2D eigenvalue weighted by Crippen LogP contribution is 2.51. The number of carboxylic acids is 2. The van der Waals surface area contributed by atoms with E-state index in [1.165, 1.54) is 49.1 Å². The van der Waals surface area contributed by atoms with E-state index < -0.39 is 11.9 Å². The van der Waals surface area contributed by atoms with Crippen molar-refractivity contribution < 1.29 is 71.7 Å². The maximum absolute atomic E-state index is 14.9. The zero-order valence-corrected chi connectivity index (χ0v) is 76.4. The normalized spacial score (nSPS) is 14.8. The van der Waals surface area contributed by atoms with Crippen molar-refractivity contribution in [3.8, 4) is 56.4 Å². The van der Waals surface area contributed by atoms with E-state index in [0.717, 1.165) is 137 Å². The zero-order valence-electron chi connectivity index (χ0n) is 73.4. The topological polar surface area (TPSA) is 186 Å². The molecule has 0 aliphatic heterocycles. The highest BCUT2D eigenvalue weighted by Gasteiger charge is 2.34. The van der Waals surface area contributed by atoms with Gasteiger partial charge in [-0.05, 0) is 314 Å². The Labute approximate surface area is 755 Å². The summed E-state index contributed by atoms with van der Waals surface area (Å²) >= 11 is 24.6. The molecule has 10 aromatic carbocycles. The van der Waals surface area contributed by atoms with E-state index in [1.54, 1.807) is 72.8 Å². The number of phenols is 2. The Morgan fingerprint density at radius 3 is 0.944 bits per heavy atom. The van der Waals surface area contributed by atoms with Crippen LogP contribution in [-0.4, -0.2) is 58.5 Å². The predicted molar refractivity (Wildman–Crippen MR) is 501 cm³/mol. The number of aromatic hydroxyl groups is 2. The number of alkyl halides is 1. The maximum atomic E-state index is 14.9. The zero-order chi connectivity index (χ0) is 90.9. The van der Waals surface area contributed by atoms with Crippen molar-refractivity contribution in [2.45, 2.75) is 202 Å². The summed E-state index contributed by atoms with van der Waals surface area (Å²) in [6.45, 7) is 22.1. The molecule has 4 atom stereocenters. The van der Waals surface area contributed by atoms with E-state index in [9.17, 15) is 52.8 Å². The molecule has 3 aliphatic rings. The fourth-order valence-electron chi connectivity index (χ4n) is 16.5. The van der Waals surface area contributed by atoms with Crippen LogP contribution in [0.4, 0.5) is 13.2 Å². The van der Waals surface area contributed by atoms with Gasteiger partial charge < -0.3 is 39.4 Å². The number of carbonyl (C=O) groups excluding carboxylic acids is 2. The van der Waals surface area contributed by atoms with Gasteiger partial charge in [0, 0.05) is 37.6 Å². The fourth-order valence-corrected chi connectivity index (χ4v) is 17.2. The summed E-state index contributed by atoms with van der Waals surface area (Å²) in [5, 5.41) is 38.6. The van der Waals surface area contributed by atoms with Crippen LogP contribution in [0.1, 0.15) is 238 Å². The van der Waals surface area contributed by atoms with E-state index in [2.05, 4.69) is 87.4 Å². The third-order valence-electron chi connectivity index (χ3n) is 23.7. The van der Waals surface area contributed by atoms with Crippen molar-refractivity contribution in [1.29, 1.82) is 0 Å². The summed E-state index contributed by atoms with van der Waals surface area (Å²) in [5.41, 5.74) is 17.7. The minimum atomic E-state index is -0.805. The van der Waals surface area contributed by atoms with E-state index in [-0.39, 0.29) is 93.6 Å². The van der Waals surface area contributed by atoms with Crippen molar-refractivity contribution in [3.63, 3.8) is 0 Å². The van der Waals surface area contributed by atoms with Crippen LogP contribution >= 0.6 is 46.4 Å². The first kappa shape index (κ1) is 98.2. The molecule has 0 saturated heterocycles. The Balaban J connectivity index is 0.000000185. The Morgan fingerprint density at radius 1 is 0.368 bits per heavy atom. The number of halogens is 7. The monoisotopic (exact) mass is 1780 g/mol. The van der Waals surface area contributed by atoms with Gasteiger partial charge in [-0.25, -0.2) is 13.2 Å². The van der Waals surface area contributed by atoms with Crippen LogP contribution in [0.15, 0.2) is 224 Å². The number of phenolic OH excluding ortho intramolecular Hbond substituents is 2. The Hall–Kier alpha value is -10.6. The highest BCUT2D eigenvalue weighted by atomic mass is 35.5. The van der Waals surface area contributed by atoms with Crippen LogP contribution in [0.2, 0.25) is 15.1 Å². The molecule has 0 unspecified atom stereocenters. The molecule has 0 saturated carbocycles. The first-order valence-electron chi connectivity index (χ1n) is 42.7. The summed E-state index contributed by atoms with van der Waals surface area (Å²) in [4.78, 5) is 44.8. The van der Waals surface area contributed by atoms with Gasteiger partial charge in [-0.3, -0.25) is 19.2 Å². The third-order valence-corrected chi connectivity index (χ3v) is 24.7. The number of carboxylic acid groups (broad SMARTS) is 2. The third kappa shape index (κ3) is 27.5. The van der Waals surface area contributed by atoms with Crippen LogP contribution in [0, 0.1) is 33.7 Å². The van der Waals surface area contributed by atoms with E-state index in [4.69, 9.17) is 55.9 Å². The molecular formula is C106H115Cl4F3O12. The quantitative estimate of drug-likeness (QED) is 0.0257. The molecule has 3 aliphatic carbocycles. The number of hydrogen-bond donors (Lipinski definition) is 4. The minimum Gasteiger partial charge on any atom is -0.508 e. The molecule has 0 fully saturated rings. The number of methoxy groups -OCH3 is 2. The summed E-state index contributed by atoms with van der Waals surface area (Å²) < 4.78 is 65.6. The Morgan fingerprint density at radius 2 is 0.664 bits per heavy atom. The molecular weight excluding hydrogens is 1660 g/mol. The number of esters is 2. The van der Waals surface area contributed by atoms with Crippen molar-refractivity contribution in [1.82, 2.24) is 0 Å². The maximum Gasteiger partial charge on any atom is 0.306 e.